The summed E-state index contributed by atoms with van der Waals surface area (Å²) in [7, 11) is 0. The van der Waals surface area contributed by atoms with Crippen molar-refractivity contribution < 1.29 is 14.4 Å². The minimum atomic E-state index is -0.473. The fourth-order valence-corrected chi connectivity index (χ4v) is 6.24. The highest BCUT2D eigenvalue weighted by atomic mass is 35.5. The number of nitrogens with one attached hydrogen (secondary N) is 1. The van der Waals surface area contributed by atoms with Crippen LogP contribution in [0.4, 0.5) is 0 Å². The fourth-order valence-electron chi connectivity index (χ4n) is 4.83. The Kier molecular flexibility index (Phi) is 5.37. The van der Waals surface area contributed by atoms with E-state index in [-0.39, 0.29) is 6.10 Å². The molecule has 0 saturated heterocycles. The lowest BCUT2D eigenvalue weighted by Crippen LogP contribution is -2.24. The second kappa shape index (κ2) is 8.40. The topological polar surface area (TPSA) is 80.4 Å². The van der Waals surface area contributed by atoms with E-state index in [9.17, 15) is 5.11 Å². The Labute approximate surface area is 200 Å². The first-order chi connectivity index (χ1) is 16.1. The maximum Gasteiger partial charge on any atom is 0.182 e. The molecule has 1 unspecified atom stereocenters. The number of aromatic nitrogens is 2. The number of benzene rings is 1. The van der Waals surface area contributed by atoms with Crippen molar-refractivity contribution in [2.45, 2.75) is 51.4 Å². The summed E-state index contributed by atoms with van der Waals surface area (Å²) in [6, 6.07) is 7.92. The van der Waals surface area contributed by atoms with Gasteiger partial charge in [-0.1, -0.05) is 30.1 Å². The van der Waals surface area contributed by atoms with Crippen molar-refractivity contribution in [3.05, 3.63) is 62.9 Å². The van der Waals surface area contributed by atoms with E-state index < -0.39 is 6.10 Å². The third-order valence-electron chi connectivity index (χ3n) is 6.44. The molecular weight excluding hydrogens is 458 g/mol. The zero-order valence-electron chi connectivity index (χ0n) is 18.2. The average Bonchev–Trinajstić information content (AvgIpc) is 3.54. The van der Waals surface area contributed by atoms with E-state index in [1.807, 2.05) is 24.3 Å². The molecule has 0 spiro atoms. The summed E-state index contributed by atoms with van der Waals surface area (Å²) in [5.74, 6) is 1.63. The Balaban J connectivity index is 1.42. The van der Waals surface area contributed by atoms with Crippen LogP contribution in [0.3, 0.4) is 0 Å². The first-order valence-corrected chi connectivity index (χ1v) is 12.6. The molecule has 4 aromatic rings. The molecule has 0 radical (unpaired) electrons. The number of aliphatic hydroxyl groups is 1. The summed E-state index contributed by atoms with van der Waals surface area (Å²) in [5, 5.41) is 18.9. The fraction of sp³-hybridized carbons (Fsp3) is 0.360. The predicted molar refractivity (Wildman–Crippen MR) is 129 cm³/mol. The average molecular weight is 482 g/mol. The molecule has 2 atom stereocenters. The van der Waals surface area contributed by atoms with E-state index in [1.54, 1.807) is 17.5 Å². The molecule has 2 N–H and O–H groups in total. The highest BCUT2D eigenvalue weighted by molar-refractivity contribution is 7.19. The van der Waals surface area contributed by atoms with Gasteiger partial charge >= 0.3 is 0 Å². The van der Waals surface area contributed by atoms with E-state index in [1.165, 1.54) is 0 Å². The van der Waals surface area contributed by atoms with Crippen LogP contribution in [0.2, 0.25) is 5.02 Å². The third-order valence-corrected chi connectivity index (χ3v) is 7.92. The lowest BCUT2D eigenvalue weighted by atomic mass is 9.99. The molecule has 0 saturated carbocycles. The van der Waals surface area contributed by atoms with Crippen LogP contribution in [0.5, 0.6) is 5.75 Å². The maximum absolute atomic E-state index is 10.5. The molecule has 3 aromatic heterocycles. The number of aliphatic hydroxyl groups excluding tert-OH is 1. The van der Waals surface area contributed by atoms with Gasteiger partial charge in [0.2, 0.25) is 0 Å². The van der Waals surface area contributed by atoms with Crippen molar-refractivity contribution in [1.29, 1.82) is 0 Å². The molecule has 2 aliphatic heterocycles. The van der Waals surface area contributed by atoms with E-state index in [0.29, 0.717) is 11.4 Å². The standard InChI is InChI=1S/C25H24ClN3O3S/c1-2-3-20(30)22-11-19-25(33-22)15(4-7-28-19)16-10-14(26)8-13-9-21(31-23(13)16)24-17-12-27-6-5-18(17)29-32-24/h4,7-8,10-11,20-21,27,30H,2-3,5-6,9,12H2,1H3/t20?,21-/m1/s1. The Bertz CT molecular complexity index is 1350. The van der Waals surface area contributed by atoms with Crippen LogP contribution in [-0.4, -0.2) is 21.8 Å². The molecule has 0 amide bonds. The van der Waals surface area contributed by atoms with Crippen LogP contribution in [0.25, 0.3) is 21.3 Å². The van der Waals surface area contributed by atoms with Crippen LogP contribution >= 0.6 is 22.9 Å². The summed E-state index contributed by atoms with van der Waals surface area (Å²) in [4.78, 5) is 5.48. The number of ether oxygens (including phenoxy) is 1. The molecule has 6 rings (SSSR count). The molecule has 1 aromatic carbocycles. The van der Waals surface area contributed by atoms with Crippen LogP contribution in [0.1, 0.15) is 59.4 Å². The normalized spacial score (nSPS) is 18.2. The number of thiophene rings is 1. The molecule has 170 valence electrons. The Morgan fingerprint density at radius 3 is 3.09 bits per heavy atom. The van der Waals surface area contributed by atoms with Crippen molar-refractivity contribution in [1.82, 2.24) is 15.5 Å². The molecular formula is C25H24ClN3O3S. The van der Waals surface area contributed by atoms with Crippen molar-refractivity contribution in [3.8, 4) is 16.9 Å². The van der Waals surface area contributed by atoms with Crippen molar-refractivity contribution in [2.24, 2.45) is 0 Å². The summed E-state index contributed by atoms with van der Waals surface area (Å²) in [5.41, 5.74) is 6.03. The summed E-state index contributed by atoms with van der Waals surface area (Å²) < 4.78 is 13.3. The molecule has 33 heavy (non-hydrogen) atoms. The molecule has 0 aliphatic carbocycles. The lowest BCUT2D eigenvalue weighted by Gasteiger charge is -2.15. The second-order valence-corrected chi connectivity index (χ2v) is 10.2. The first kappa shape index (κ1) is 21.1. The van der Waals surface area contributed by atoms with Gasteiger partial charge in [-0.3, -0.25) is 4.98 Å². The second-order valence-electron chi connectivity index (χ2n) is 8.68. The van der Waals surface area contributed by atoms with Gasteiger partial charge in [0.1, 0.15) is 5.75 Å². The summed E-state index contributed by atoms with van der Waals surface area (Å²) in [6.45, 7) is 3.74. The van der Waals surface area contributed by atoms with Gasteiger partial charge in [0, 0.05) is 64.3 Å². The highest BCUT2D eigenvalue weighted by Crippen LogP contribution is 2.48. The van der Waals surface area contributed by atoms with Crippen LogP contribution in [-0.2, 0) is 19.4 Å². The van der Waals surface area contributed by atoms with Crippen molar-refractivity contribution in [2.75, 3.05) is 6.54 Å². The van der Waals surface area contributed by atoms with Gasteiger partial charge in [-0.15, -0.1) is 11.3 Å². The zero-order valence-corrected chi connectivity index (χ0v) is 19.8. The quantitative estimate of drug-likeness (QED) is 0.377. The summed E-state index contributed by atoms with van der Waals surface area (Å²) >= 11 is 8.15. The Morgan fingerprint density at radius 2 is 2.21 bits per heavy atom. The smallest absolute Gasteiger partial charge is 0.182 e. The minimum absolute atomic E-state index is 0.226. The van der Waals surface area contributed by atoms with E-state index in [4.69, 9.17) is 20.9 Å². The van der Waals surface area contributed by atoms with E-state index in [2.05, 4.69) is 22.4 Å². The maximum atomic E-state index is 10.5. The Hall–Kier alpha value is -2.45. The van der Waals surface area contributed by atoms with Gasteiger partial charge in [-0.05, 0) is 30.7 Å². The Morgan fingerprint density at radius 1 is 1.30 bits per heavy atom. The van der Waals surface area contributed by atoms with Gasteiger partial charge in [0.15, 0.2) is 11.9 Å². The number of halogens is 1. The molecule has 0 fully saturated rings. The number of nitrogens with zero attached hydrogens (tertiary/aromatic N) is 2. The molecule has 0 bridgehead atoms. The van der Waals surface area contributed by atoms with Gasteiger partial charge in [0.05, 0.1) is 22.0 Å². The predicted octanol–water partition coefficient (Wildman–Crippen LogP) is 5.76. The number of pyridine rings is 1. The number of rotatable bonds is 5. The first-order valence-electron chi connectivity index (χ1n) is 11.4. The molecule has 2 aliphatic rings. The third kappa shape index (κ3) is 3.64. The van der Waals surface area contributed by atoms with Gasteiger partial charge < -0.3 is 19.7 Å². The molecule has 5 heterocycles. The monoisotopic (exact) mass is 481 g/mol. The van der Waals surface area contributed by atoms with Crippen molar-refractivity contribution in [3.63, 3.8) is 0 Å². The largest absolute Gasteiger partial charge is 0.481 e. The van der Waals surface area contributed by atoms with Gasteiger partial charge in [0.25, 0.3) is 0 Å². The van der Waals surface area contributed by atoms with E-state index >= 15 is 0 Å². The van der Waals surface area contributed by atoms with Crippen molar-refractivity contribution >= 4 is 33.2 Å². The highest BCUT2D eigenvalue weighted by Gasteiger charge is 2.34. The zero-order chi connectivity index (χ0) is 22.5. The van der Waals surface area contributed by atoms with Gasteiger partial charge in [-0.2, -0.15) is 0 Å². The van der Waals surface area contributed by atoms with Crippen LogP contribution in [0.15, 0.2) is 35.0 Å². The molecule has 8 heteroatoms. The van der Waals surface area contributed by atoms with Crippen LogP contribution < -0.4 is 10.1 Å². The number of hydrogen-bond donors (Lipinski definition) is 2. The summed E-state index contributed by atoms with van der Waals surface area (Å²) in [6.07, 6.45) is 4.32. The minimum Gasteiger partial charge on any atom is -0.481 e. The van der Waals surface area contributed by atoms with Gasteiger partial charge in [-0.25, -0.2) is 0 Å². The van der Waals surface area contributed by atoms with Crippen LogP contribution in [0, 0.1) is 0 Å². The SMILES string of the molecule is CCCC(O)c1cc2nccc(-c3cc(Cl)cc4c3O[C@@H](c3onc5c3CNCC5)C4)c2s1. The number of hydrogen-bond acceptors (Lipinski definition) is 7. The lowest BCUT2D eigenvalue weighted by molar-refractivity contribution is 0.170. The molecule has 6 nitrogen and oxygen atoms in total. The number of fused-ring (bicyclic) bond motifs is 3. The van der Waals surface area contributed by atoms with E-state index in [0.717, 1.165) is 86.9 Å².